The molecule has 0 heterocycles. The predicted molar refractivity (Wildman–Crippen MR) is 79.0 cm³/mol. The molecular weight excluding hydrogens is 292 g/mol. The van der Waals surface area contributed by atoms with E-state index in [2.05, 4.69) is 4.72 Å². The Labute approximate surface area is 125 Å². The number of carbonyl (C=O) groups is 1. The molecular formula is C14H20N2O4S. The van der Waals surface area contributed by atoms with Gasteiger partial charge in [0.15, 0.2) is 0 Å². The number of hydrogen-bond donors (Lipinski definition) is 2. The Kier molecular flexibility index (Phi) is 4.97. The van der Waals surface area contributed by atoms with Crippen LogP contribution in [-0.2, 0) is 21.4 Å². The van der Waals surface area contributed by atoms with Crippen LogP contribution in [0, 0.1) is 5.92 Å². The highest BCUT2D eigenvalue weighted by atomic mass is 32.2. The van der Waals surface area contributed by atoms with Crippen LogP contribution in [0.15, 0.2) is 30.3 Å². The Balaban J connectivity index is 2.02. The van der Waals surface area contributed by atoms with Crippen LogP contribution in [0.3, 0.4) is 0 Å². The van der Waals surface area contributed by atoms with E-state index < -0.39 is 22.2 Å². The minimum Gasteiger partial charge on any atom is -0.480 e. The second kappa shape index (κ2) is 6.55. The SMILES string of the molecule is CN(CC1CC1)S(=O)(=O)N[C@H](Cc1ccccc1)C(=O)O. The highest BCUT2D eigenvalue weighted by molar-refractivity contribution is 7.87. The maximum atomic E-state index is 12.2. The van der Waals surface area contributed by atoms with Crippen molar-refractivity contribution >= 4 is 16.2 Å². The summed E-state index contributed by atoms with van der Waals surface area (Å²) in [7, 11) is -2.30. The number of aliphatic carboxylic acids is 1. The summed E-state index contributed by atoms with van der Waals surface area (Å²) in [6, 6.07) is 7.80. The molecule has 2 rings (SSSR count). The summed E-state index contributed by atoms with van der Waals surface area (Å²) in [6.07, 6.45) is 2.19. The summed E-state index contributed by atoms with van der Waals surface area (Å²) in [5.74, 6) is -0.772. The maximum Gasteiger partial charge on any atom is 0.322 e. The summed E-state index contributed by atoms with van der Waals surface area (Å²) in [5.41, 5.74) is 0.775. The van der Waals surface area contributed by atoms with Crippen LogP contribution >= 0.6 is 0 Å². The molecule has 0 spiro atoms. The predicted octanol–water partition coefficient (Wildman–Crippen LogP) is 0.858. The van der Waals surface area contributed by atoms with Gasteiger partial charge in [0.1, 0.15) is 6.04 Å². The quantitative estimate of drug-likeness (QED) is 0.745. The first-order chi connectivity index (χ1) is 9.88. The zero-order valence-electron chi connectivity index (χ0n) is 11.9. The van der Waals surface area contributed by atoms with Crippen molar-refractivity contribution in [2.45, 2.75) is 25.3 Å². The number of carboxylic acid groups (broad SMARTS) is 1. The van der Waals surface area contributed by atoms with E-state index in [-0.39, 0.29) is 6.42 Å². The van der Waals surface area contributed by atoms with Gasteiger partial charge in [-0.1, -0.05) is 30.3 Å². The number of nitrogens with one attached hydrogen (secondary N) is 1. The lowest BCUT2D eigenvalue weighted by molar-refractivity contribution is -0.138. The topological polar surface area (TPSA) is 86.7 Å². The molecule has 0 aromatic heterocycles. The van der Waals surface area contributed by atoms with Crippen molar-refractivity contribution in [3.8, 4) is 0 Å². The normalized spacial score (nSPS) is 16.9. The second-order valence-corrected chi connectivity index (χ2v) is 7.24. The van der Waals surface area contributed by atoms with E-state index in [4.69, 9.17) is 0 Å². The van der Waals surface area contributed by atoms with Crippen LogP contribution < -0.4 is 4.72 Å². The first-order valence-corrected chi connectivity index (χ1v) is 8.33. The highest BCUT2D eigenvalue weighted by Gasteiger charge is 2.31. The Bertz CT molecular complexity index is 584. The molecule has 0 saturated heterocycles. The third-order valence-corrected chi connectivity index (χ3v) is 5.05. The van der Waals surface area contributed by atoms with Crippen molar-refractivity contribution in [3.05, 3.63) is 35.9 Å². The molecule has 0 radical (unpaired) electrons. The van der Waals surface area contributed by atoms with Crippen LogP contribution in [-0.4, -0.2) is 43.4 Å². The molecule has 1 aliphatic rings. The van der Waals surface area contributed by atoms with Gasteiger partial charge in [-0.15, -0.1) is 0 Å². The van der Waals surface area contributed by atoms with Crippen molar-refractivity contribution in [3.63, 3.8) is 0 Å². The molecule has 2 N–H and O–H groups in total. The first kappa shape index (κ1) is 15.9. The van der Waals surface area contributed by atoms with Gasteiger partial charge in [0.05, 0.1) is 0 Å². The van der Waals surface area contributed by atoms with Crippen molar-refractivity contribution in [1.29, 1.82) is 0 Å². The summed E-state index contributed by atoms with van der Waals surface area (Å²) >= 11 is 0. The molecule has 1 aromatic rings. The van der Waals surface area contributed by atoms with Crippen LogP contribution in [0.5, 0.6) is 0 Å². The zero-order valence-corrected chi connectivity index (χ0v) is 12.7. The molecule has 7 heteroatoms. The standard InChI is InChI=1S/C14H20N2O4S/c1-16(10-12-7-8-12)21(19,20)15-13(14(17)18)9-11-5-3-2-4-6-11/h2-6,12-13,15H,7-10H2,1H3,(H,17,18)/t13-/m1/s1. The molecule has 0 aliphatic heterocycles. The lowest BCUT2D eigenvalue weighted by atomic mass is 10.1. The van der Waals surface area contributed by atoms with E-state index >= 15 is 0 Å². The maximum absolute atomic E-state index is 12.2. The lowest BCUT2D eigenvalue weighted by Crippen LogP contribution is -2.48. The third kappa shape index (κ3) is 4.80. The van der Waals surface area contributed by atoms with Crippen LogP contribution in [0.1, 0.15) is 18.4 Å². The van der Waals surface area contributed by atoms with E-state index in [9.17, 15) is 18.3 Å². The molecule has 0 amide bonds. The molecule has 1 aliphatic carbocycles. The molecule has 6 nitrogen and oxygen atoms in total. The Morgan fingerprint density at radius 2 is 2.00 bits per heavy atom. The monoisotopic (exact) mass is 312 g/mol. The molecule has 1 fully saturated rings. The van der Waals surface area contributed by atoms with Crippen LogP contribution in [0.25, 0.3) is 0 Å². The van der Waals surface area contributed by atoms with E-state index in [1.807, 2.05) is 6.07 Å². The third-order valence-electron chi connectivity index (χ3n) is 3.49. The highest BCUT2D eigenvalue weighted by Crippen LogP contribution is 2.29. The van der Waals surface area contributed by atoms with Gasteiger partial charge in [-0.3, -0.25) is 4.79 Å². The van der Waals surface area contributed by atoms with Gasteiger partial charge >= 0.3 is 5.97 Å². The number of benzene rings is 1. The minimum atomic E-state index is -3.78. The fourth-order valence-corrected chi connectivity index (χ4v) is 3.19. The molecule has 116 valence electrons. The fraction of sp³-hybridized carbons (Fsp3) is 0.500. The van der Waals surface area contributed by atoms with Crippen molar-refractivity contribution in [2.24, 2.45) is 5.92 Å². The van der Waals surface area contributed by atoms with Crippen molar-refractivity contribution in [1.82, 2.24) is 9.03 Å². The summed E-state index contributed by atoms with van der Waals surface area (Å²) in [4.78, 5) is 11.3. The van der Waals surface area contributed by atoms with Gasteiger partial charge < -0.3 is 5.11 Å². The summed E-state index contributed by atoms with van der Waals surface area (Å²) in [6.45, 7) is 0.438. The van der Waals surface area contributed by atoms with Crippen molar-refractivity contribution in [2.75, 3.05) is 13.6 Å². The Morgan fingerprint density at radius 3 is 2.52 bits per heavy atom. The van der Waals surface area contributed by atoms with Gasteiger partial charge in [0, 0.05) is 13.6 Å². The number of carboxylic acids is 1. The Hall–Kier alpha value is -1.44. The van der Waals surface area contributed by atoms with Crippen molar-refractivity contribution < 1.29 is 18.3 Å². The molecule has 1 aromatic carbocycles. The fourth-order valence-electron chi connectivity index (χ4n) is 2.06. The molecule has 1 atom stereocenters. The summed E-state index contributed by atoms with van der Waals surface area (Å²) in [5, 5.41) is 9.23. The average Bonchev–Trinajstić information content (AvgIpc) is 3.22. The van der Waals surface area contributed by atoms with Gasteiger partial charge in [-0.25, -0.2) is 0 Å². The van der Waals surface area contributed by atoms with Gasteiger partial charge in [0.2, 0.25) is 0 Å². The molecule has 21 heavy (non-hydrogen) atoms. The molecule has 0 bridgehead atoms. The smallest absolute Gasteiger partial charge is 0.322 e. The van der Waals surface area contributed by atoms with E-state index in [1.165, 1.54) is 11.4 Å². The minimum absolute atomic E-state index is 0.118. The van der Waals surface area contributed by atoms with E-state index in [0.29, 0.717) is 12.5 Å². The zero-order chi connectivity index (χ0) is 15.5. The van der Waals surface area contributed by atoms with E-state index in [0.717, 1.165) is 18.4 Å². The summed E-state index contributed by atoms with van der Waals surface area (Å²) < 4.78 is 27.8. The number of rotatable bonds is 8. The van der Waals surface area contributed by atoms with Gasteiger partial charge in [0.25, 0.3) is 10.2 Å². The van der Waals surface area contributed by atoms with E-state index in [1.54, 1.807) is 24.3 Å². The van der Waals surface area contributed by atoms with Crippen LogP contribution in [0.4, 0.5) is 0 Å². The number of nitrogens with zero attached hydrogens (tertiary/aromatic N) is 1. The largest absolute Gasteiger partial charge is 0.480 e. The molecule has 0 unspecified atom stereocenters. The van der Waals surface area contributed by atoms with Gasteiger partial charge in [-0.05, 0) is 30.7 Å². The number of hydrogen-bond acceptors (Lipinski definition) is 3. The lowest BCUT2D eigenvalue weighted by Gasteiger charge is -2.21. The average molecular weight is 312 g/mol. The second-order valence-electron chi connectivity index (χ2n) is 5.43. The first-order valence-electron chi connectivity index (χ1n) is 6.89. The Morgan fingerprint density at radius 1 is 1.38 bits per heavy atom. The van der Waals surface area contributed by atoms with Gasteiger partial charge in [-0.2, -0.15) is 17.4 Å². The van der Waals surface area contributed by atoms with Crippen LogP contribution in [0.2, 0.25) is 0 Å². The molecule has 1 saturated carbocycles.